The topological polar surface area (TPSA) is 0 Å². The summed E-state index contributed by atoms with van der Waals surface area (Å²) in [5, 5.41) is 2.34. The van der Waals surface area contributed by atoms with Crippen molar-refractivity contribution < 1.29 is 0 Å². The Morgan fingerprint density at radius 2 is 2.08 bits per heavy atom. The van der Waals surface area contributed by atoms with Gasteiger partial charge < -0.3 is 0 Å². The molecule has 1 unspecified atom stereocenters. The fraction of sp³-hybridized carbons (Fsp3) is 0.636. The standard InChI is InChI=1S/C11H15BrS/c1-8(12)10-7-13-11-6-4-2-3-5-9(10)11/h7-8H,2-6H2,1H3. The van der Waals surface area contributed by atoms with Crippen molar-refractivity contribution in [3.63, 3.8) is 0 Å². The molecule has 0 bridgehead atoms. The Kier molecular flexibility index (Phi) is 3.10. The minimum Gasteiger partial charge on any atom is -0.148 e. The average Bonchev–Trinajstić information content (AvgIpc) is 2.36. The first kappa shape index (κ1) is 9.72. The molecule has 1 aromatic heterocycles. The molecular weight excluding hydrogens is 244 g/mol. The molecule has 0 amide bonds. The number of aryl methyl sites for hydroxylation is 1. The molecule has 0 saturated carbocycles. The predicted molar refractivity (Wildman–Crippen MR) is 62.9 cm³/mol. The van der Waals surface area contributed by atoms with Gasteiger partial charge in [0, 0.05) is 9.70 Å². The van der Waals surface area contributed by atoms with Crippen LogP contribution in [0.3, 0.4) is 0 Å². The molecule has 72 valence electrons. The van der Waals surface area contributed by atoms with Crippen LogP contribution < -0.4 is 0 Å². The number of alkyl halides is 1. The van der Waals surface area contributed by atoms with Gasteiger partial charge in [-0.05, 0) is 49.1 Å². The lowest BCUT2D eigenvalue weighted by Crippen LogP contribution is -1.91. The second-order valence-corrected chi connectivity index (χ2v) is 6.11. The van der Waals surface area contributed by atoms with Gasteiger partial charge in [0.25, 0.3) is 0 Å². The van der Waals surface area contributed by atoms with Crippen molar-refractivity contribution in [1.82, 2.24) is 0 Å². The third-order valence-electron chi connectivity index (χ3n) is 2.77. The first-order valence-corrected chi connectivity index (χ1v) is 6.82. The summed E-state index contributed by atoms with van der Waals surface area (Å²) >= 11 is 5.64. The highest BCUT2D eigenvalue weighted by molar-refractivity contribution is 9.09. The molecule has 0 nitrogen and oxygen atoms in total. The average molecular weight is 259 g/mol. The second kappa shape index (κ2) is 4.14. The quantitative estimate of drug-likeness (QED) is 0.515. The van der Waals surface area contributed by atoms with E-state index in [2.05, 4.69) is 28.2 Å². The van der Waals surface area contributed by atoms with Crippen molar-refractivity contribution in [3.05, 3.63) is 21.4 Å². The number of fused-ring (bicyclic) bond motifs is 1. The Balaban J connectivity index is 2.34. The van der Waals surface area contributed by atoms with Crippen molar-refractivity contribution >= 4 is 27.3 Å². The van der Waals surface area contributed by atoms with Crippen LogP contribution in [-0.2, 0) is 12.8 Å². The molecule has 1 aromatic rings. The molecule has 1 atom stereocenters. The Hall–Kier alpha value is 0.180. The molecule has 0 aromatic carbocycles. The molecule has 2 heteroatoms. The normalized spacial score (nSPS) is 19.2. The minimum absolute atomic E-state index is 0.533. The Morgan fingerprint density at radius 3 is 2.85 bits per heavy atom. The maximum atomic E-state index is 3.67. The summed E-state index contributed by atoms with van der Waals surface area (Å²) < 4.78 is 0. The molecule has 13 heavy (non-hydrogen) atoms. The lowest BCUT2D eigenvalue weighted by atomic mass is 10.0. The van der Waals surface area contributed by atoms with Crippen LogP contribution in [0.4, 0.5) is 0 Å². The minimum atomic E-state index is 0.533. The lowest BCUT2D eigenvalue weighted by Gasteiger charge is -2.05. The van der Waals surface area contributed by atoms with Crippen LogP contribution in [0.25, 0.3) is 0 Å². The Morgan fingerprint density at radius 1 is 1.31 bits per heavy atom. The molecule has 0 aliphatic heterocycles. The summed E-state index contributed by atoms with van der Waals surface area (Å²) in [6, 6.07) is 0. The number of halogens is 1. The maximum absolute atomic E-state index is 3.67. The van der Waals surface area contributed by atoms with Crippen LogP contribution in [0, 0.1) is 0 Å². The van der Waals surface area contributed by atoms with Crippen molar-refractivity contribution in [1.29, 1.82) is 0 Å². The SMILES string of the molecule is CC(Br)c1csc2c1CCCCC2. The van der Waals surface area contributed by atoms with Gasteiger partial charge in [-0.3, -0.25) is 0 Å². The van der Waals surface area contributed by atoms with E-state index in [1.807, 2.05) is 11.3 Å². The number of rotatable bonds is 1. The molecule has 1 heterocycles. The van der Waals surface area contributed by atoms with Gasteiger partial charge in [0.2, 0.25) is 0 Å². The number of hydrogen-bond acceptors (Lipinski definition) is 1. The first-order chi connectivity index (χ1) is 6.29. The van der Waals surface area contributed by atoms with E-state index in [1.165, 1.54) is 32.1 Å². The molecular formula is C11H15BrS. The van der Waals surface area contributed by atoms with Crippen molar-refractivity contribution in [2.24, 2.45) is 0 Å². The van der Waals surface area contributed by atoms with Crippen molar-refractivity contribution in [2.75, 3.05) is 0 Å². The zero-order valence-electron chi connectivity index (χ0n) is 7.98. The molecule has 0 radical (unpaired) electrons. The van der Waals surface area contributed by atoms with Gasteiger partial charge in [-0.2, -0.15) is 0 Å². The fourth-order valence-electron chi connectivity index (χ4n) is 2.03. The summed E-state index contributed by atoms with van der Waals surface area (Å²) in [5.41, 5.74) is 3.20. The van der Waals surface area contributed by atoms with Crippen LogP contribution >= 0.6 is 27.3 Å². The van der Waals surface area contributed by atoms with Crippen LogP contribution in [0.1, 0.15) is 47.0 Å². The third-order valence-corrected chi connectivity index (χ3v) is 4.37. The van der Waals surface area contributed by atoms with E-state index in [1.54, 1.807) is 16.0 Å². The summed E-state index contributed by atoms with van der Waals surface area (Å²) in [4.78, 5) is 2.18. The smallest absolute Gasteiger partial charge is 0.0378 e. The summed E-state index contributed by atoms with van der Waals surface area (Å²) in [7, 11) is 0. The van der Waals surface area contributed by atoms with E-state index in [0.29, 0.717) is 4.83 Å². The van der Waals surface area contributed by atoms with Gasteiger partial charge >= 0.3 is 0 Å². The summed E-state index contributed by atoms with van der Waals surface area (Å²) in [5.74, 6) is 0. The van der Waals surface area contributed by atoms with E-state index >= 15 is 0 Å². The third kappa shape index (κ3) is 1.99. The van der Waals surface area contributed by atoms with Gasteiger partial charge in [-0.15, -0.1) is 11.3 Å². The lowest BCUT2D eigenvalue weighted by molar-refractivity contribution is 0.711. The van der Waals surface area contributed by atoms with E-state index in [0.717, 1.165) is 0 Å². The monoisotopic (exact) mass is 258 g/mol. The van der Waals surface area contributed by atoms with Crippen LogP contribution in [0.2, 0.25) is 0 Å². The Bertz CT molecular complexity index is 288. The zero-order valence-corrected chi connectivity index (χ0v) is 10.4. The molecule has 1 aliphatic carbocycles. The molecule has 1 aliphatic rings. The highest BCUT2D eigenvalue weighted by Crippen LogP contribution is 2.35. The van der Waals surface area contributed by atoms with Gasteiger partial charge in [0.1, 0.15) is 0 Å². The number of hydrogen-bond donors (Lipinski definition) is 0. The highest BCUT2D eigenvalue weighted by Gasteiger charge is 2.16. The largest absolute Gasteiger partial charge is 0.148 e. The fourth-order valence-corrected chi connectivity index (χ4v) is 3.85. The van der Waals surface area contributed by atoms with Crippen LogP contribution in [0.15, 0.2) is 5.38 Å². The van der Waals surface area contributed by atoms with Crippen molar-refractivity contribution in [3.8, 4) is 0 Å². The predicted octanol–water partition coefficient (Wildman–Crippen LogP) is 4.47. The van der Waals surface area contributed by atoms with Crippen LogP contribution in [-0.4, -0.2) is 0 Å². The molecule has 0 fully saturated rings. The van der Waals surface area contributed by atoms with Gasteiger partial charge in [0.05, 0.1) is 0 Å². The van der Waals surface area contributed by atoms with Crippen molar-refractivity contribution in [2.45, 2.75) is 43.9 Å². The summed E-state index contributed by atoms with van der Waals surface area (Å²) in [6.45, 7) is 2.23. The van der Waals surface area contributed by atoms with Gasteiger partial charge in [0.15, 0.2) is 0 Å². The maximum Gasteiger partial charge on any atom is 0.0378 e. The van der Waals surface area contributed by atoms with Gasteiger partial charge in [-0.1, -0.05) is 22.4 Å². The zero-order chi connectivity index (χ0) is 9.26. The molecule has 0 saturated heterocycles. The number of thiophene rings is 1. The highest BCUT2D eigenvalue weighted by atomic mass is 79.9. The van der Waals surface area contributed by atoms with E-state index in [4.69, 9.17) is 0 Å². The summed E-state index contributed by atoms with van der Waals surface area (Å²) in [6.07, 6.45) is 6.82. The molecule has 0 N–H and O–H groups in total. The van der Waals surface area contributed by atoms with E-state index in [-0.39, 0.29) is 0 Å². The Labute approximate surface area is 92.5 Å². The van der Waals surface area contributed by atoms with Crippen LogP contribution in [0.5, 0.6) is 0 Å². The van der Waals surface area contributed by atoms with E-state index < -0.39 is 0 Å². The van der Waals surface area contributed by atoms with Gasteiger partial charge in [-0.25, -0.2) is 0 Å². The molecule has 0 spiro atoms. The van der Waals surface area contributed by atoms with E-state index in [9.17, 15) is 0 Å². The second-order valence-electron chi connectivity index (χ2n) is 3.77. The molecule has 2 rings (SSSR count). The first-order valence-electron chi connectivity index (χ1n) is 5.02.